The first-order valence-corrected chi connectivity index (χ1v) is 6.26. The number of hydrogen-bond acceptors (Lipinski definition) is 7. The van der Waals surface area contributed by atoms with Gasteiger partial charge in [-0.15, -0.1) is 0 Å². The molecule has 0 saturated carbocycles. The Morgan fingerprint density at radius 2 is 2.19 bits per heavy atom. The number of pyridine rings is 1. The molecule has 2 rings (SSSR count). The number of benzene rings is 1. The summed E-state index contributed by atoms with van der Waals surface area (Å²) < 4.78 is 4.98. The van der Waals surface area contributed by atoms with Gasteiger partial charge in [-0.2, -0.15) is 0 Å². The number of carbonyl (C=O) groups excluding carboxylic acids is 1. The number of aromatic nitrogens is 1. The van der Waals surface area contributed by atoms with Gasteiger partial charge in [-0.1, -0.05) is 0 Å². The summed E-state index contributed by atoms with van der Waals surface area (Å²) in [6.45, 7) is 1.91. The Labute approximate surface area is 120 Å². The smallest absolute Gasteiger partial charge is 0.338 e. The third kappa shape index (κ3) is 3.06. The van der Waals surface area contributed by atoms with Crippen molar-refractivity contribution >= 4 is 28.4 Å². The number of fused-ring (bicyclic) bond motifs is 1. The van der Waals surface area contributed by atoms with Gasteiger partial charge in [0.2, 0.25) is 0 Å². The molecule has 1 aromatic carbocycles. The van der Waals surface area contributed by atoms with Gasteiger partial charge in [0.15, 0.2) is 0 Å². The SMILES string of the molecule is CCOC(=O)c1cc(NNC)nc2ccc([N+](=O)[O-])cc12. The molecule has 21 heavy (non-hydrogen) atoms. The van der Waals surface area contributed by atoms with Crippen LogP contribution in [-0.4, -0.2) is 29.5 Å². The molecule has 0 aliphatic rings. The number of hydrogen-bond donors (Lipinski definition) is 2. The van der Waals surface area contributed by atoms with E-state index in [1.54, 1.807) is 14.0 Å². The maximum Gasteiger partial charge on any atom is 0.338 e. The van der Waals surface area contributed by atoms with Crippen molar-refractivity contribution in [1.82, 2.24) is 10.4 Å². The Kier molecular flexibility index (Phi) is 4.29. The van der Waals surface area contributed by atoms with E-state index in [1.807, 2.05) is 0 Å². The highest BCUT2D eigenvalue weighted by molar-refractivity contribution is 6.05. The first-order chi connectivity index (χ1) is 10.1. The lowest BCUT2D eigenvalue weighted by atomic mass is 10.1. The fraction of sp³-hybridized carbons (Fsp3) is 0.231. The summed E-state index contributed by atoms with van der Waals surface area (Å²) in [6.07, 6.45) is 0. The molecule has 0 saturated heterocycles. The fourth-order valence-electron chi connectivity index (χ4n) is 1.90. The zero-order valence-corrected chi connectivity index (χ0v) is 11.5. The molecule has 2 aromatic rings. The van der Waals surface area contributed by atoms with E-state index in [1.165, 1.54) is 24.3 Å². The Morgan fingerprint density at radius 3 is 2.81 bits per heavy atom. The number of hydrazine groups is 1. The number of nitrogens with zero attached hydrogens (tertiary/aromatic N) is 2. The van der Waals surface area contributed by atoms with Gasteiger partial charge in [-0.3, -0.25) is 10.1 Å². The highest BCUT2D eigenvalue weighted by Gasteiger charge is 2.17. The van der Waals surface area contributed by atoms with Gasteiger partial charge in [0.05, 0.1) is 22.6 Å². The summed E-state index contributed by atoms with van der Waals surface area (Å²) >= 11 is 0. The van der Waals surface area contributed by atoms with Crippen molar-refractivity contribution < 1.29 is 14.5 Å². The van der Waals surface area contributed by atoms with Crippen LogP contribution in [0, 0.1) is 10.1 Å². The Hall–Kier alpha value is -2.74. The van der Waals surface area contributed by atoms with Crippen LogP contribution < -0.4 is 10.9 Å². The van der Waals surface area contributed by atoms with Crippen LogP contribution in [0.5, 0.6) is 0 Å². The molecule has 8 nitrogen and oxygen atoms in total. The quantitative estimate of drug-likeness (QED) is 0.491. The van der Waals surface area contributed by atoms with Crippen molar-refractivity contribution in [2.24, 2.45) is 0 Å². The third-order valence-corrected chi connectivity index (χ3v) is 2.75. The first kappa shape index (κ1) is 14.7. The highest BCUT2D eigenvalue weighted by Crippen LogP contribution is 2.25. The second-order valence-corrected chi connectivity index (χ2v) is 4.11. The number of nitrogens with one attached hydrogen (secondary N) is 2. The monoisotopic (exact) mass is 290 g/mol. The number of non-ortho nitro benzene ring substituents is 1. The number of nitro benzene ring substituents is 1. The maximum absolute atomic E-state index is 12.0. The molecule has 1 aromatic heterocycles. The van der Waals surface area contributed by atoms with E-state index in [9.17, 15) is 14.9 Å². The van der Waals surface area contributed by atoms with E-state index in [-0.39, 0.29) is 17.9 Å². The van der Waals surface area contributed by atoms with Crippen LogP contribution in [0.15, 0.2) is 24.3 Å². The molecular formula is C13H14N4O4. The molecule has 8 heteroatoms. The van der Waals surface area contributed by atoms with Crippen molar-refractivity contribution in [2.45, 2.75) is 6.92 Å². The Balaban J connectivity index is 2.66. The van der Waals surface area contributed by atoms with Gasteiger partial charge in [-0.25, -0.2) is 15.2 Å². The number of esters is 1. The van der Waals surface area contributed by atoms with E-state index in [4.69, 9.17) is 4.74 Å². The van der Waals surface area contributed by atoms with E-state index in [0.717, 1.165) is 0 Å². The number of ether oxygens (including phenoxy) is 1. The first-order valence-electron chi connectivity index (χ1n) is 6.26. The fourth-order valence-corrected chi connectivity index (χ4v) is 1.90. The summed E-state index contributed by atoms with van der Waals surface area (Å²) in [5.41, 5.74) is 6.06. The molecule has 2 N–H and O–H groups in total. The second-order valence-electron chi connectivity index (χ2n) is 4.11. The summed E-state index contributed by atoms with van der Waals surface area (Å²) in [5.74, 6) is -0.133. The van der Waals surface area contributed by atoms with Gasteiger partial charge >= 0.3 is 5.97 Å². The van der Waals surface area contributed by atoms with Gasteiger partial charge in [0, 0.05) is 24.6 Å². The molecular weight excluding hydrogens is 276 g/mol. The minimum Gasteiger partial charge on any atom is -0.462 e. The van der Waals surface area contributed by atoms with Crippen LogP contribution in [-0.2, 0) is 4.74 Å². The zero-order chi connectivity index (χ0) is 15.4. The van der Waals surface area contributed by atoms with E-state index in [2.05, 4.69) is 15.8 Å². The lowest BCUT2D eigenvalue weighted by Gasteiger charge is -2.10. The van der Waals surface area contributed by atoms with Crippen LogP contribution in [0.3, 0.4) is 0 Å². The molecule has 0 fully saturated rings. The lowest BCUT2D eigenvalue weighted by Crippen LogP contribution is -2.17. The minimum absolute atomic E-state index is 0.107. The highest BCUT2D eigenvalue weighted by atomic mass is 16.6. The molecule has 0 bridgehead atoms. The Morgan fingerprint density at radius 1 is 1.43 bits per heavy atom. The van der Waals surface area contributed by atoms with E-state index >= 15 is 0 Å². The minimum atomic E-state index is -0.551. The van der Waals surface area contributed by atoms with Crippen molar-refractivity contribution in [1.29, 1.82) is 0 Å². The Bertz CT molecular complexity index is 702. The predicted molar refractivity (Wildman–Crippen MR) is 77.0 cm³/mol. The third-order valence-electron chi connectivity index (χ3n) is 2.75. The summed E-state index contributed by atoms with van der Waals surface area (Å²) in [4.78, 5) is 26.6. The molecule has 0 aliphatic heterocycles. The van der Waals surface area contributed by atoms with Gasteiger partial charge in [0.1, 0.15) is 5.82 Å². The average molecular weight is 290 g/mol. The maximum atomic E-state index is 12.0. The molecule has 0 spiro atoms. The van der Waals surface area contributed by atoms with Crippen LogP contribution in [0.1, 0.15) is 17.3 Å². The van der Waals surface area contributed by atoms with Crippen molar-refractivity contribution in [3.8, 4) is 0 Å². The molecule has 0 radical (unpaired) electrons. The van der Waals surface area contributed by atoms with E-state index in [0.29, 0.717) is 16.7 Å². The van der Waals surface area contributed by atoms with Gasteiger partial charge < -0.3 is 10.2 Å². The molecule has 1 heterocycles. The van der Waals surface area contributed by atoms with E-state index < -0.39 is 10.9 Å². The summed E-state index contributed by atoms with van der Waals surface area (Å²) in [5, 5.41) is 11.2. The average Bonchev–Trinajstić information content (AvgIpc) is 2.46. The van der Waals surface area contributed by atoms with Crippen molar-refractivity contribution in [3.63, 3.8) is 0 Å². The molecule has 0 amide bonds. The predicted octanol–water partition coefficient (Wildman–Crippen LogP) is 1.87. The number of nitro groups is 1. The van der Waals surface area contributed by atoms with Crippen LogP contribution in [0.2, 0.25) is 0 Å². The van der Waals surface area contributed by atoms with Crippen LogP contribution in [0.4, 0.5) is 11.5 Å². The topological polar surface area (TPSA) is 106 Å². The van der Waals surface area contributed by atoms with Crippen LogP contribution in [0.25, 0.3) is 10.9 Å². The summed E-state index contributed by atoms with van der Waals surface area (Å²) in [6, 6.07) is 5.64. The molecule has 110 valence electrons. The second kappa shape index (κ2) is 6.14. The largest absolute Gasteiger partial charge is 0.462 e. The summed E-state index contributed by atoms with van der Waals surface area (Å²) in [7, 11) is 1.66. The molecule has 0 aliphatic carbocycles. The standard InChI is InChI=1S/C13H14N4O4/c1-3-21-13(18)10-7-12(16-14-2)15-11-5-4-8(17(19)20)6-9(10)11/h4-7,14H,3H2,1-2H3,(H,15,16). The van der Waals surface area contributed by atoms with Crippen molar-refractivity contribution in [2.75, 3.05) is 19.1 Å². The van der Waals surface area contributed by atoms with Crippen LogP contribution >= 0.6 is 0 Å². The number of anilines is 1. The van der Waals surface area contributed by atoms with Crippen molar-refractivity contribution in [3.05, 3.63) is 39.9 Å². The number of rotatable bonds is 5. The van der Waals surface area contributed by atoms with Gasteiger partial charge in [-0.05, 0) is 19.1 Å². The number of carbonyl (C=O) groups is 1. The zero-order valence-electron chi connectivity index (χ0n) is 11.5. The molecule has 0 unspecified atom stereocenters. The molecule has 0 atom stereocenters. The normalized spacial score (nSPS) is 10.4. The lowest BCUT2D eigenvalue weighted by molar-refractivity contribution is -0.384. The van der Waals surface area contributed by atoms with Gasteiger partial charge in [0.25, 0.3) is 5.69 Å².